The molecule has 32 heavy (non-hydrogen) atoms. The van der Waals surface area contributed by atoms with Crippen molar-refractivity contribution in [3.05, 3.63) is 88.3 Å². The Morgan fingerprint density at radius 2 is 1.84 bits per heavy atom. The second-order valence-electron chi connectivity index (χ2n) is 6.89. The van der Waals surface area contributed by atoms with E-state index in [0.717, 1.165) is 5.56 Å². The summed E-state index contributed by atoms with van der Waals surface area (Å²) in [4.78, 5) is 27.9. The summed E-state index contributed by atoms with van der Waals surface area (Å²) >= 11 is 6.00. The van der Waals surface area contributed by atoms with E-state index in [9.17, 15) is 14.7 Å². The van der Waals surface area contributed by atoms with Crippen molar-refractivity contribution in [2.45, 2.75) is 6.92 Å². The number of benzene rings is 2. The molecule has 6 nitrogen and oxygen atoms in total. The van der Waals surface area contributed by atoms with Crippen molar-refractivity contribution in [2.75, 3.05) is 6.61 Å². The van der Waals surface area contributed by atoms with E-state index in [1.807, 2.05) is 6.07 Å². The number of ether oxygens (including phenoxy) is 1. The van der Waals surface area contributed by atoms with E-state index in [0.29, 0.717) is 45.3 Å². The molecule has 2 aromatic carbocycles. The van der Waals surface area contributed by atoms with Gasteiger partial charge in [0.05, 0.1) is 28.9 Å². The van der Waals surface area contributed by atoms with Crippen molar-refractivity contribution in [1.29, 1.82) is 0 Å². The highest BCUT2D eigenvalue weighted by atomic mass is 35.5. The molecule has 0 aliphatic heterocycles. The van der Waals surface area contributed by atoms with E-state index in [4.69, 9.17) is 20.8 Å². The fourth-order valence-corrected chi connectivity index (χ4v) is 3.40. The van der Waals surface area contributed by atoms with Gasteiger partial charge >= 0.3 is 11.9 Å². The molecule has 2 aromatic heterocycles. The van der Waals surface area contributed by atoms with E-state index >= 15 is 0 Å². The summed E-state index contributed by atoms with van der Waals surface area (Å²) in [7, 11) is 0. The molecule has 0 spiro atoms. The number of pyridine rings is 1. The van der Waals surface area contributed by atoms with Gasteiger partial charge in [-0.25, -0.2) is 14.6 Å². The SMILES string of the molecule is CCOC(=O)c1ccc(-c2ccc(/C=C/c3cc(C(=O)O)c4cc(Cl)ccc4n3)o2)cc1. The predicted octanol–water partition coefficient (Wildman–Crippen LogP) is 6.19. The number of carbonyl (C=O) groups is 2. The molecule has 0 saturated carbocycles. The third-order valence-electron chi connectivity index (χ3n) is 4.75. The van der Waals surface area contributed by atoms with Crippen molar-refractivity contribution in [1.82, 2.24) is 4.98 Å². The number of carboxylic acid groups (broad SMARTS) is 1. The van der Waals surface area contributed by atoms with Crippen molar-refractivity contribution in [3.8, 4) is 11.3 Å². The summed E-state index contributed by atoms with van der Waals surface area (Å²) in [6, 6.07) is 17.0. The number of rotatable bonds is 6. The number of carbonyl (C=O) groups excluding carboxylic acids is 1. The van der Waals surface area contributed by atoms with E-state index in [-0.39, 0.29) is 11.5 Å². The molecule has 0 atom stereocenters. The van der Waals surface area contributed by atoms with E-state index < -0.39 is 5.97 Å². The Kier molecular flexibility index (Phi) is 6.05. The first-order valence-electron chi connectivity index (χ1n) is 9.83. The average molecular weight is 448 g/mol. The molecule has 4 aromatic rings. The monoisotopic (exact) mass is 447 g/mol. The van der Waals surface area contributed by atoms with Crippen LogP contribution in [-0.2, 0) is 4.74 Å². The zero-order valence-corrected chi connectivity index (χ0v) is 17.8. The van der Waals surface area contributed by atoms with Gasteiger partial charge < -0.3 is 14.3 Å². The largest absolute Gasteiger partial charge is 0.478 e. The quantitative estimate of drug-likeness (QED) is 0.354. The number of aromatic nitrogens is 1. The van der Waals surface area contributed by atoms with Crippen molar-refractivity contribution in [3.63, 3.8) is 0 Å². The number of hydrogen-bond donors (Lipinski definition) is 1. The smallest absolute Gasteiger partial charge is 0.338 e. The lowest BCUT2D eigenvalue weighted by Crippen LogP contribution is -2.03. The number of halogens is 1. The van der Waals surface area contributed by atoms with Gasteiger partial charge in [0, 0.05) is 16.0 Å². The van der Waals surface area contributed by atoms with Gasteiger partial charge in [-0.2, -0.15) is 0 Å². The van der Waals surface area contributed by atoms with E-state index in [1.165, 1.54) is 6.07 Å². The van der Waals surface area contributed by atoms with Crippen molar-refractivity contribution in [2.24, 2.45) is 0 Å². The Bertz CT molecular complexity index is 1340. The van der Waals surface area contributed by atoms with Crippen LogP contribution in [0.4, 0.5) is 0 Å². The first-order valence-corrected chi connectivity index (χ1v) is 10.2. The zero-order chi connectivity index (χ0) is 22.7. The Hall–Kier alpha value is -3.90. The molecular weight excluding hydrogens is 430 g/mol. The molecule has 0 amide bonds. The molecule has 4 rings (SSSR count). The summed E-state index contributed by atoms with van der Waals surface area (Å²) in [6.07, 6.45) is 3.40. The first kappa shape index (κ1) is 21.3. The molecule has 0 unspecified atom stereocenters. The summed E-state index contributed by atoms with van der Waals surface area (Å²) in [5.74, 6) is -0.217. The summed E-state index contributed by atoms with van der Waals surface area (Å²) in [5.41, 5.74) is 2.43. The third-order valence-corrected chi connectivity index (χ3v) is 4.98. The topological polar surface area (TPSA) is 89.6 Å². The minimum Gasteiger partial charge on any atom is -0.478 e. The molecule has 0 bridgehead atoms. The van der Waals surface area contributed by atoms with Crippen LogP contribution in [-0.4, -0.2) is 28.6 Å². The van der Waals surface area contributed by atoms with Crippen LogP contribution >= 0.6 is 11.6 Å². The minimum absolute atomic E-state index is 0.124. The average Bonchev–Trinajstić information content (AvgIpc) is 3.26. The van der Waals surface area contributed by atoms with Crippen LogP contribution in [0.3, 0.4) is 0 Å². The number of fused-ring (bicyclic) bond motifs is 1. The van der Waals surface area contributed by atoms with Gasteiger partial charge in [-0.15, -0.1) is 0 Å². The molecule has 0 fully saturated rings. The Morgan fingerprint density at radius 3 is 2.56 bits per heavy atom. The maximum absolute atomic E-state index is 11.8. The normalized spacial score (nSPS) is 11.2. The van der Waals surface area contributed by atoms with Crippen molar-refractivity contribution >= 4 is 46.6 Å². The van der Waals surface area contributed by atoms with Crippen LogP contribution < -0.4 is 0 Å². The van der Waals surface area contributed by atoms with Gasteiger partial charge in [-0.1, -0.05) is 23.7 Å². The van der Waals surface area contributed by atoms with Gasteiger partial charge in [-0.3, -0.25) is 0 Å². The molecule has 0 aliphatic carbocycles. The van der Waals surface area contributed by atoms with Gasteiger partial charge in [0.1, 0.15) is 11.5 Å². The summed E-state index contributed by atoms with van der Waals surface area (Å²) < 4.78 is 10.8. The van der Waals surface area contributed by atoms with Gasteiger partial charge in [-0.05, 0) is 67.6 Å². The van der Waals surface area contributed by atoms with E-state index in [2.05, 4.69) is 4.98 Å². The van der Waals surface area contributed by atoms with Crippen LogP contribution in [0.5, 0.6) is 0 Å². The molecule has 0 radical (unpaired) electrons. The minimum atomic E-state index is -1.05. The standard InChI is InChI=1S/C25H18ClNO5/c1-2-31-25(30)16-5-3-15(4-6-16)23-12-10-19(32-23)9-8-18-14-21(24(28)29)20-13-17(26)7-11-22(20)27-18/h3-14H,2H2,1H3,(H,28,29)/b9-8+. The second kappa shape index (κ2) is 9.08. The Labute approximate surface area is 188 Å². The molecule has 0 saturated heterocycles. The maximum atomic E-state index is 11.8. The molecule has 7 heteroatoms. The lowest BCUT2D eigenvalue weighted by atomic mass is 10.1. The lowest BCUT2D eigenvalue weighted by Gasteiger charge is -2.05. The summed E-state index contributed by atoms with van der Waals surface area (Å²) in [6.45, 7) is 2.08. The Morgan fingerprint density at radius 1 is 1.06 bits per heavy atom. The van der Waals surface area contributed by atoms with E-state index in [1.54, 1.807) is 67.6 Å². The molecular formula is C25H18ClNO5. The van der Waals surface area contributed by atoms with Crippen LogP contribution in [0.15, 0.2) is 65.1 Å². The number of esters is 1. The number of aromatic carboxylic acids is 1. The zero-order valence-electron chi connectivity index (χ0n) is 17.0. The van der Waals surface area contributed by atoms with Gasteiger partial charge in [0.25, 0.3) is 0 Å². The third kappa shape index (κ3) is 4.55. The van der Waals surface area contributed by atoms with Gasteiger partial charge in [0.2, 0.25) is 0 Å². The van der Waals surface area contributed by atoms with Gasteiger partial charge in [0.15, 0.2) is 0 Å². The number of hydrogen-bond acceptors (Lipinski definition) is 5. The van der Waals surface area contributed by atoms with Crippen LogP contribution in [0.25, 0.3) is 34.4 Å². The lowest BCUT2D eigenvalue weighted by molar-refractivity contribution is 0.0526. The van der Waals surface area contributed by atoms with Crippen LogP contribution in [0.1, 0.15) is 39.1 Å². The van der Waals surface area contributed by atoms with Crippen LogP contribution in [0, 0.1) is 0 Å². The highest BCUT2D eigenvalue weighted by Crippen LogP contribution is 2.26. The molecule has 0 aliphatic rings. The predicted molar refractivity (Wildman–Crippen MR) is 123 cm³/mol. The fourth-order valence-electron chi connectivity index (χ4n) is 3.23. The number of nitrogens with zero attached hydrogens (tertiary/aromatic N) is 1. The first-order chi connectivity index (χ1) is 15.4. The Balaban J connectivity index is 1.58. The molecule has 160 valence electrons. The van der Waals surface area contributed by atoms with Crippen molar-refractivity contribution < 1.29 is 23.8 Å². The molecule has 1 N–H and O–H groups in total. The number of furan rings is 1. The second-order valence-corrected chi connectivity index (χ2v) is 7.33. The summed E-state index contributed by atoms with van der Waals surface area (Å²) in [5, 5.41) is 10.5. The maximum Gasteiger partial charge on any atom is 0.338 e. The van der Waals surface area contributed by atoms with Crippen LogP contribution in [0.2, 0.25) is 5.02 Å². The highest BCUT2D eigenvalue weighted by Gasteiger charge is 2.12. The number of carboxylic acids is 1. The molecule has 2 heterocycles. The fraction of sp³-hybridized carbons (Fsp3) is 0.0800. The highest BCUT2D eigenvalue weighted by molar-refractivity contribution is 6.31.